The van der Waals surface area contributed by atoms with Crippen molar-refractivity contribution in [1.29, 1.82) is 0 Å². The molecule has 3 rings (SSSR count). The molecule has 5 heteroatoms. The first kappa shape index (κ1) is 13.2. The number of ketones is 1. The average Bonchev–Trinajstić information content (AvgIpc) is 2.75. The van der Waals surface area contributed by atoms with Crippen LogP contribution in [0.2, 0.25) is 5.02 Å². The Labute approximate surface area is 121 Å². The molecule has 1 aromatic carbocycles. The van der Waals surface area contributed by atoms with Gasteiger partial charge in [0.25, 0.3) is 0 Å². The van der Waals surface area contributed by atoms with Crippen LogP contribution in [0, 0.1) is 5.92 Å². The van der Waals surface area contributed by atoms with Crippen molar-refractivity contribution < 1.29 is 9.21 Å². The van der Waals surface area contributed by atoms with E-state index in [1.54, 1.807) is 35.8 Å². The first-order valence-corrected chi connectivity index (χ1v) is 6.94. The van der Waals surface area contributed by atoms with E-state index >= 15 is 0 Å². The predicted octanol–water partition coefficient (Wildman–Crippen LogP) is 2.78. The van der Waals surface area contributed by atoms with Crippen molar-refractivity contribution >= 4 is 17.4 Å². The van der Waals surface area contributed by atoms with E-state index in [9.17, 15) is 9.59 Å². The third-order valence-corrected chi connectivity index (χ3v) is 4.06. The van der Waals surface area contributed by atoms with Crippen molar-refractivity contribution in [1.82, 2.24) is 4.57 Å². The second-order valence-corrected chi connectivity index (χ2v) is 5.54. The van der Waals surface area contributed by atoms with E-state index in [1.165, 1.54) is 0 Å². The Bertz CT molecular complexity index is 712. The zero-order valence-corrected chi connectivity index (χ0v) is 11.8. The number of aromatic nitrogens is 1. The molecular weight excluding hydrogens is 278 g/mol. The Balaban J connectivity index is 2.09. The van der Waals surface area contributed by atoms with Crippen LogP contribution in [0.1, 0.15) is 24.8 Å². The molecule has 0 saturated carbocycles. The van der Waals surface area contributed by atoms with Crippen LogP contribution in [0.4, 0.5) is 0 Å². The van der Waals surface area contributed by atoms with E-state index in [0.717, 1.165) is 12.1 Å². The standard InChI is InChI=1S/C15H14ClNO3/c1-9(18)10-2-7-14-13(8-10)17(15(19)20-14)12-5-3-11(16)4-6-12/h3-6,10H,2,7-8H2,1H3. The number of fused-ring (bicyclic) bond motifs is 1. The number of hydrogen-bond donors (Lipinski definition) is 0. The number of rotatable bonds is 2. The van der Waals surface area contributed by atoms with E-state index in [1.807, 2.05) is 0 Å². The zero-order valence-electron chi connectivity index (χ0n) is 11.1. The molecule has 0 aliphatic heterocycles. The Hall–Kier alpha value is -1.81. The lowest BCUT2D eigenvalue weighted by atomic mass is 9.87. The van der Waals surface area contributed by atoms with Crippen LogP contribution in [0.15, 0.2) is 33.5 Å². The third-order valence-electron chi connectivity index (χ3n) is 3.80. The summed E-state index contributed by atoms with van der Waals surface area (Å²) < 4.78 is 6.86. The molecule has 1 unspecified atom stereocenters. The molecule has 0 bridgehead atoms. The maximum Gasteiger partial charge on any atom is 0.424 e. The van der Waals surface area contributed by atoms with Gasteiger partial charge in [-0.3, -0.25) is 4.79 Å². The van der Waals surface area contributed by atoms with Gasteiger partial charge in [-0.25, -0.2) is 9.36 Å². The van der Waals surface area contributed by atoms with Crippen LogP contribution in [0.25, 0.3) is 5.69 Å². The number of carbonyl (C=O) groups excluding carboxylic acids is 1. The van der Waals surface area contributed by atoms with Gasteiger partial charge in [0.2, 0.25) is 0 Å². The highest BCUT2D eigenvalue weighted by Gasteiger charge is 2.28. The molecule has 0 amide bonds. The van der Waals surface area contributed by atoms with Crippen molar-refractivity contribution in [3.63, 3.8) is 0 Å². The summed E-state index contributed by atoms with van der Waals surface area (Å²) in [6.45, 7) is 1.60. The molecule has 0 spiro atoms. The summed E-state index contributed by atoms with van der Waals surface area (Å²) in [5.74, 6) is 0.425. The number of nitrogens with zero attached hydrogens (tertiary/aromatic N) is 1. The molecule has 1 atom stereocenters. The molecule has 4 nitrogen and oxygen atoms in total. The molecule has 1 heterocycles. The summed E-state index contributed by atoms with van der Waals surface area (Å²) in [5, 5.41) is 0.612. The van der Waals surface area contributed by atoms with Crippen LogP contribution in [-0.2, 0) is 17.6 Å². The largest absolute Gasteiger partial charge is 0.424 e. The molecule has 0 N–H and O–H groups in total. The van der Waals surface area contributed by atoms with Crippen molar-refractivity contribution in [2.24, 2.45) is 5.92 Å². The lowest BCUT2D eigenvalue weighted by Crippen LogP contribution is -2.23. The molecular formula is C15H14ClNO3. The van der Waals surface area contributed by atoms with E-state index < -0.39 is 5.76 Å². The van der Waals surface area contributed by atoms with Gasteiger partial charge in [0.05, 0.1) is 11.4 Å². The average molecular weight is 292 g/mol. The third kappa shape index (κ3) is 2.20. The summed E-state index contributed by atoms with van der Waals surface area (Å²) in [5.41, 5.74) is 1.53. The van der Waals surface area contributed by atoms with Crippen molar-refractivity contribution in [2.45, 2.75) is 26.2 Å². The zero-order chi connectivity index (χ0) is 14.3. The maximum atomic E-state index is 12.0. The van der Waals surface area contributed by atoms with Gasteiger partial charge >= 0.3 is 5.76 Å². The molecule has 1 aliphatic rings. The Morgan fingerprint density at radius 3 is 2.70 bits per heavy atom. The number of aryl methyl sites for hydroxylation is 1. The lowest BCUT2D eigenvalue weighted by molar-refractivity contribution is -0.121. The minimum Gasteiger partial charge on any atom is -0.412 e. The Morgan fingerprint density at radius 1 is 1.35 bits per heavy atom. The van der Waals surface area contributed by atoms with E-state index in [-0.39, 0.29) is 11.7 Å². The highest BCUT2D eigenvalue weighted by Crippen LogP contribution is 2.27. The second kappa shape index (κ2) is 4.94. The number of carbonyl (C=O) groups is 1. The highest BCUT2D eigenvalue weighted by atomic mass is 35.5. The van der Waals surface area contributed by atoms with Gasteiger partial charge in [-0.05, 0) is 37.6 Å². The summed E-state index contributed by atoms with van der Waals surface area (Å²) in [6.07, 6.45) is 1.93. The molecule has 1 aromatic heterocycles. The van der Waals surface area contributed by atoms with Crippen molar-refractivity contribution in [2.75, 3.05) is 0 Å². The van der Waals surface area contributed by atoms with Crippen LogP contribution in [0.3, 0.4) is 0 Å². The molecule has 0 radical (unpaired) electrons. The van der Waals surface area contributed by atoms with Gasteiger partial charge in [-0.2, -0.15) is 0 Å². The number of oxazole rings is 1. The molecule has 0 saturated heterocycles. The van der Waals surface area contributed by atoms with Crippen molar-refractivity contribution in [3.05, 3.63) is 51.3 Å². The maximum absolute atomic E-state index is 12.0. The molecule has 0 fully saturated rings. The summed E-state index contributed by atoms with van der Waals surface area (Å²) in [4.78, 5) is 23.6. The topological polar surface area (TPSA) is 52.2 Å². The SMILES string of the molecule is CC(=O)C1CCc2oc(=O)n(-c3ccc(Cl)cc3)c2C1. The molecule has 104 valence electrons. The van der Waals surface area contributed by atoms with Crippen LogP contribution < -0.4 is 5.76 Å². The normalized spacial score (nSPS) is 17.8. The van der Waals surface area contributed by atoms with Gasteiger partial charge in [-0.1, -0.05) is 11.6 Å². The number of benzene rings is 1. The quantitative estimate of drug-likeness (QED) is 0.855. The number of hydrogen-bond acceptors (Lipinski definition) is 3. The Kier molecular flexibility index (Phi) is 3.26. The first-order chi connectivity index (χ1) is 9.56. The summed E-state index contributed by atoms with van der Waals surface area (Å²) in [6, 6.07) is 7.01. The second-order valence-electron chi connectivity index (χ2n) is 5.10. The van der Waals surface area contributed by atoms with Crippen molar-refractivity contribution in [3.8, 4) is 5.69 Å². The fraction of sp³-hybridized carbons (Fsp3) is 0.333. The van der Waals surface area contributed by atoms with Crippen LogP contribution in [0.5, 0.6) is 0 Å². The van der Waals surface area contributed by atoms with Gasteiger partial charge in [0, 0.05) is 23.8 Å². The number of halogens is 1. The monoisotopic (exact) mass is 291 g/mol. The fourth-order valence-corrected chi connectivity index (χ4v) is 2.81. The molecule has 1 aliphatic carbocycles. The number of Topliss-reactive ketones (excluding diaryl/α,β-unsaturated/α-hetero) is 1. The highest BCUT2D eigenvalue weighted by molar-refractivity contribution is 6.30. The smallest absolute Gasteiger partial charge is 0.412 e. The van der Waals surface area contributed by atoms with E-state index in [2.05, 4.69) is 0 Å². The predicted molar refractivity (Wildman–Crippen MR) is 75.5 cm³/mol. The van der Waals surface area contributed by atoms with Gasteiger partial charge in [-0.15, -0.1) is 0 Å². The lowest BCUT2D eigenvalue weighted by Gasteiger charge is -2.19. The molecule has 20 heavy (non-hydrogen) atoms. The van der Waals surface area contributed by atoms with E-state index in [0.29, 0.717) is 29.3 Å². The van der Waals surface area contributed by atoms with Gasteiger partial charge < -0.3 is 4.42 Å². The minimum absolute atomic E-state index is 0.0296. The molecule has 2 aromatic rings. The first-order valence-electron chi connectivity index (χ1n) is 6.56. The van der Waals surface area contributed by atoms with Gasteiger partial charge in [0.15, 0.2) is 0 Å². The Morgan fingerprint density at radius 2 is 2.05 bits per heavy atom. The fourth-order valence-electron chi connectivity index (χ4n) is 2.68. The van der Waals surface area contributed by atoms with Crippen LogP contribution >= 0.6 is 11.6 Å². The summed E-state index contributed by atoms with van der Waals surface area (Å²) in [7, 11) is 0. The summed E-state index contributed by atoms with van der Waals surface area (Å²) >= 11 is 5.87. The minimum atomic E-state index is -0.401. The van der Waals surface area contributed by atoms with E-state index in [4.69, 9.17) is 16.0 Å². The van der Waals surface area contributed by atoms with Gasteiger partial charge in [0.1, 0.15) is 11.5 Å². The van der Waals surface area contributed by atoms with Crippen LogP contribution in [-0.4, -0.2) is 10.4 Å².